The van der Waals surface area contributed by atoms with Crippen molar-refractivity contribution < 1.29 is 14.6 Å². The molecule has 0 aromatic carbocycles. The highest BCUT2D eigenvalue weighted by Gasteiger charge is 2.30. The second-order valence-corrected chi connectivity index (χ2v) is 5.10. The van der Waals surface area contributed by atoms with E-state index >= 15 is 0 Å². The fourth-order valence-corrected chi connectivity index (χ4v) is 2.27. The minimum atomic E-state index is -0.781. The molecular weight excluding hydrogens is 226 g/mol. The second kappa shape index (κ2) is 8.84. The van der Waals surface area contributed by atoms with Gasteiger partial charge in [-0.1, -0.05) is 6.92 Å². The van der Waals surface area contributed by atoms with Gasteiger partial charge in [-0.3, -0.25) is 4.79 Å². The third-order valence-electron chi connectivity index (χ3n) is 2.44. The van der Waals surface area contributed by atoms with Crippen molar-refractivity contribution in [2.45, 2.75) is 32.2 Å². The van der Waals surface area contributed by atoms with Gasteiger partial charge in [0.1, 0.15) is 5.54 Å². The van der Waals surface area contributed by atoms with Crippen molar-refractivity contribution in [3.63, 3.8) is 0 Å². The summed E-state index contributed by atoms with van der Waals surface area (Å²) in [5, 5.41) is 12.1. The number of carboxylic acids is 1. The molecule has 0 spiro atoms. The summed E-state index contributed by atoms with van der Waals surface area (Å²) in [7, 11) is 1.69. The summed E-state index contributed by atoms with van der Waals surface area (Å²) >= 11 is 1.80. The molecule has 1 atom stereocenters. The third kappa shape index (κ3) is 6.35. The number of hydrogen-bond donors (Lipinski definition) is 2. The van der Waals surface area contributed by atoms with Crippen LogP contribution in [-0.2, 0) is 9.53 Å². The van der Waals surface area contributed by atoms with Gasteiger partial charge in [0.25, 0.3) is 0 Å². The Balaban J connectivity index is 3.73. The normalized spacial score (nSPS) is 14.7. The maximum Gasteiger partial charge on any atom is 0.323 e. The van der Waals surface area contributed by atoms with Crippen LogP contribution >= 0.6 is 11.8 Å². The summed E-state index contributed by atoms with van der Waals surface area (Å²) < 4.78 is 4.94. The lowest BCUT2D eigenvalue weighted by atomic mass is 9.96. The van der Waals surface area contributed by atoms with E-state index < -0.39 is 11.5 Å². The van der Waals surface area contributed by atoms with Crippen LogP contribution in [0.2, 0.25) is 0 Å². The number of aliphatic carboxylic acids is 1. The fraction of sp³-hybridized carbons (Fsp3) is 0.909. The Hall–Kier alpha value is -0.260. The van der Waals surface area contributed by atoms with Crippen LogP contribution in [-0.4, -0.2) is 48.4 Å². The first kappa shape index (κ1) is 15.7. The summed E-state index contributed by atoms with van der Waals surface area (Å²) in [5.74, 6) is 1.19. The number of rotatable bonds is 10. The van der Waals surface area contributed by atoms with Crippen LogP contribution in [0.5, 0.6) is 0 Å². The van der Waals surface area contributed by atoms with E-state index in [0.717, 1.165) is 24.5 Å². The highest BCUT2D eigenvalue weighted by Crippen LogP contribution is 2.15. The van der Waals surface area contributed by atoms with E-state index in [-0.39, 0.29) is 0 Å². The zero-order valence-electron chi connectivity index (χ0n) is 10.4. The smallest absolute Gasteiger partial charge is 0.323 e. The highest BCUT2D eigenvalue weighted by molar-refractivity contribution is 7.99. The van der Waals surface area contributed by atoms with Crippen molar-refractivity contribution in [3.05, 3.63) is 0 Å². The molecule has 0 aromatic heterocycles. The maximum absolute atomic E-state index is 11.1. The molecule has 0 fully saturated rings. The number of methoxy groups -OCH3 is 1. The van der Waals surface area contributed by atoms with Crippen LogP contribution in [0.25, 0.3) is 0 Å². The quantitative estimate of drug-likeness (QED) is 0.576. The van der Waals surface area contributed by atoms with Gasteiger partial charge in [-0.25, -0.2) is 0 Å². The predicted molar refractivity (Wildman–Crippen MR) is 68.2 cm³/mol. The van der Waals surface area contributed by atoms with Crippen LogP contribution in [0.15, 0.2) is 0 Å². The Labute approximate surface area is 102 Å². The Morgan fingerprint density at radius 2 is 2.19 bits per heavy atom. The van der Waals surface area contributed by atoms with Gasteiger partial charge in [0.05, 0.1) is 6.61 Å². The molecule has 0 aliphatic heterocycles. The number of carboxylic acid groups (broad SMARTS) is 1. The van der Waals surface area contributed by atoms with Crippen LogP contribution in [0.3, 0.4) is 0 Å². The van der Waals surface area contributed by atoms with E-state index in [2.05, 4.69) is 5.32 Å². The number of hydrogen-bond acceptors (Lipinski definition) is 4. The van der Waals surface area contributed by atoms with Crippen molar-refractivity contribution in [2.24, 2.45) is 0 Å². The largest absolute Gasteiger partial charge is 0.480 e. The molecule has 0 aliphatic rings. The first-order valence-corrected chi connectivity index (χ1v) is 6.77. The summed E-state index contributed by atoms with van der Waals surface area (Å²) in [4.78, 5) is 11.1. The Morgan fingerprint density at radius 1 is 1.50 bits per heavy atom. The summed E-state index contributed by atoms with van der Waals surface area (Å²) in [5.41, 5.74) is -0.781. The topological polar surface area (TPSA) is 58.6 Å². The second-order valence-electron chi connectivity index (χ2n) is 3.88. The van der Waals surface area contributed by atoms with E-state index in [4.69, 9.17) is 9.84 Å². The summed E-state index contributed by atoms with van der Waals surface area (Å²) in [6.07, 6.45) is 1.57. The minimum absolute atomic E-state index is 0.663. The Kier molecular flexibility index (Phi) is 8.70. The van der Waals surface area contributed by atoms with Crippen LogP contribution in [0, 0.1) is 0 Å². The van der Waals surface area contributed by atoms with Crippen molar-refractivity contribution in [1.82, 2.24) is 5.32 Å². The molecule has 0 aliphatic carbocycles. The fourth-order valence-electron chi connectivity index (χ4n) is 1.43. The van der Waals surface area contributed by atoms with Crippen LogP contribution in [0.4, 0.5) is 0 Å². The summed E-state index contributed by atoms with van der Waals surface area (Å²) in [6.45, 7) is 5.11. The third-order valence-corrected chi connectivity index (χ3v) is 3.47. The molecule has 16 heavy (non-hydrogen) atoms. The van der Waals surface area contributed by atoms with Crippen molar-refractivity contribution in [1.29, 1.82) is 0 Å². The van der Waals surface area contributed by atoms with Gasteiger partial charge in [0.2, 0.25) is 0 Å². The molecule has 0 saturated heterocycles. The molecule has 0 rings (SSSR count). The van der Waals surface area contributed by atoms with E-state index in [0.29, 0.717) is 13.0 Å². The van der Waals surface area contributed by atoms with Crippen molar-refractivity contribution in [2.75, 3.05) is 31.8 Å². The van der Waals surface area contributed by atoms with Crippen molar-refractivity contribution in [3.8, 4) is 0 Å². The Bertz CT molecular complexity index is 202. The van der Waals surface area contributed by atoms with Gasteiger partial charge in [0, 0.05) is 12.9 Å². The van der Waals surface area contributed by atoms with Gasteiger partial charge >= 0.3 is 5.97 Å². The molecule has 0 bridgehead atoms. The van der Waals surface area contributed by atoms with E-state index in [1.54, 1.807) is 25.8 Å². The van der Waals surface area contributed by atoms with Crippen LogP contribution < -0.4 is 5.32 Å². The van der Waals surface area contributed by atoms with E-state index in [9.17, 15) is 4.79 Å². The molecule has 4 nitrogen and oxygen atoms in total. The van der Waals surface area contributed by atoms with Gasteiger partial charge < -0.3 is 15.2 Å². The lowest BCUT2D eigenvalue weighted by Gasteiger charge is -2.25. The number of ether oxygens (including phenoxy) is 1. The van der Waals surface area contributed by atoms with Gasteiger partial charge in [0.15, 0.2) is 0 Å². The van der Waals surface area contributed by atoms with Crippen molar-refractivity contribution >= 4 is 17.7 Å². The maximum atomic E-state index is 11.1. The zero-order valence-corrected chi connectivity index (χ0v) is 11.2. The lowest BCUT2D eigenvalue weighted by Crippen LogP contribution is -2.49. The molecule has 0 saturated carbocycles. The van der Waals surface area contributed by atoms with Crippen LogP contribution in [0.1, 0.15) is 26.7 Å². The Morgan fingerprint density at radius 3 is 2.69 bits per heavy atom. The average molecular weight is 249 g/mol. The minimum Gasteiger partial charge on any atom is -0.480 e. The standard InChI is InChI=1S/C11H23NO3S/c1-4-12-11(2,10(13)14)6-5-8-16-9-7-15-3/h12H,4-9H2,1-3H3,(H,13,14). The highest BCUT2D eigenvalue weighted by atomic mass is 32.2. The zero-order chi connectivity index (χ0) is 12.4. The molecule has 1 unspecified atom stereocenters. The average Bonchev–Trinajstić information content (AvgIpc) is 2.23. The molecule has 0 aromatic rings. The SMILES string of the molecule is CCNC(C)(CCCSCCOC)C(=O)O. The monoisotopic (exact) mass is 249 g/mol. The molecule has 0 radical (unpaired) electrons. The number of likely N-dealkylation sites (N-methyl/N-ethyl adjacent to an activating group) is 1. The predicted octanol–water partition coefficient (Wildman–Crippen LogP) is 1.60. The number of carbonyl (C=O) groups is 1. The molecular formula is C11H23NO3S. The summed E-state index contributed by atoms with van der Waals surface area (Å²) in [6, 6.07) is 0. The molecule has 2 N–H and O–H groups in total. The molecule has 0 amide bonds. The van der Waals surface area contributed by atoms with Gasteiger partial charge in [-0.2, -0.15) is 11.8 Å². The van der Waals surface area contributed by atoms with E-state index in [1.807, 2.05) is 6.92 Å². The first-order valence-electron chi connectivity index (χ1n) is 5.62. The molecule has 5 heteroatoms. The van der Waals surface area contributed by atoms with Gasteiger partial charge in [-0.15, -0.1) is 0 Å². The lowest BCUT2D eigenvalue weighted by molar-refractivity contribution is -0.144. The van der Waals surface area contributed by atoms with E-state index in [1.165, 1.54) is 0 Å². The first-order chi connectivity index (χ1) is 7.56. The molecule has 0 heterocycles. The molecule has 96 valence electrons. The number of thioether (sulfide) groups is 1. The van der Waals surface area contributed by atoms with Gasteiger partial charge in [-0.05, 0) is 32.1 Å². The number of nitrogens with one attached hydrogen (secondary N) is 1.